The number of hydrogen-bond acceptors (Lipinski definition) is 1. The summed E-state index contributed by atoms with van der Waals surface area (Å²) in [7, 11) is 2.15. The third-order valence-corrected chi connectivity index (χ3v) is 4.26. The first-order chi connectivity index (χ1) is 8.65. The van der Waals surface area contributed by atoms with Crippen molar-refractivity contribution in [1.82, 2.24) is 4.90 Å². The maximum atomic E-state index is 3.59. The van der Waals surface area contributed by atoms with Crippen LogP contribution in [0.1, 0.15) is 11.1 Å². The number of hydrogen-bond donors (Lipinski definition) is 0. The van der Waals surface area contributed by atoms with Crippen LogP contribution in [0.2, 0.25) is 0 Å². The Hall–Kier alpha value is -0.390. The molecule has 0 heterocycles. The minimum atomic E-state index is 0.952. The predicted octanol–water partition coefficient (Wildman–Crippen LogP) is 4.69. The molecule has 0 spiro atoms. The molecule has 1 nitrogen and oxygen atoms in total. The van der Waals surface area contributed by atoms with Gasteiger partial charge in [0.05, 0.1) is 0 Å². The minimum Gasteiger partial charge on any atom is -0.298 e. The van der Waals surface area contributed by atoms with Crippen molar-refractivity contribution in [2.75, 3.05) is 7.05 Å². The molecule has 0 fully saturated rings. The normalized spacial score (nSPS) is 10.9. The van der Waals surface area contributed by atoms with Crippen LogP contribution in [0, 0.1) is 3.57 Å². The van der Waals surface area contributed by atoms with Crippen molar-refractivity contribution in [2.24, 2.45) is 0 Å². The first-order valence-electron chi connectivity index (χ1n) is 5.81. The largest absolute Gasteiger partial charge is 0.298 e. The lowest BCUT2D eigenvalue weighted by Crippen LogP contribution is -2.17. The molecule has 94 valence electrons. The molecule has 2 aromatic carbocycles. The molecule has 0 aliphatic rings. The highest BCUT2D eigenvalue weighted by atomic mass is 127. The van der Waals surface area contributed by atoms with Gasteiger partial charge in [0, 0.05) is 21.1 Å². The van der Waals surface area contributed by atoms with Gasteiger partial charge < -0.3 is 0 Å². The molecule has 0 aliphatic heterocycles. The molecule has 0 saturated carbocycles. The molecule has 0 radical (unpaired) electrons. The van der Waals surface area contributed by atoms with Gasteiger partial charge in [-0.25, -0.2) is 0 Å². The van der Waals surface area contributed by atoms with Crippen LogP contribution in [0.4, 0.5) is 0 Å². The zero-order chi connectivity index (χ0) is 13.0. The average molecular weight is 416 g/mol. The lowest BCUT2D eigenvalue weighted by atomic mass is 10.2. The first-order valence-corrected chi connectivity index (χ1v) is 7.69. The number of nitrogens with zero attached hydrogens (tertiary/aromatic N) is 1. The molecule has 3 heteroatoms. The summed E-state index contributed by atoms with van der Waals surface area (Å²) in [6.45, 7) is 1.92. The Morgan fingerprint density at radius 1 is 1.00 bits per heavy atom. The third-order valence-electron chi connectivity index (χ3n) is 2.76. The molecule has 2 rings (SSSR count). The van der Waals surface area contributed by atoms with Gasteiger partial charge in [-0.2, -0.15) is 0 Å². The molecule has 0 bridgehead atoms. The monoisotopic (exact) mass is 415 g/mol. The summed E-state index contributed by atoms with van der Waals surface area (Å²) in [5, 5.41) is 0. The molecule has 0 amide bonds. The quantitative estimate of drug-likeness (QED) is 0.655. The van der Waals surface area contributed by atoms with Gasteiger partial charge in [-0.3, -0.25) is 4.90 Å². The van der Waals surface area contributed by atoms with Crippen molar-refractivity contribution in [2.45, 2.75) is 13.1 Å². The smallest absolute Gasteiger partial charge is 0.0245 e. The van der Waals surface area contributed by atoms with Crippen LogP contribution >= 0.6 is 38.5 Å². The Kier molecular flexibility index (Phi) is 5.21. The van der Waals surface area contributed by atoms with Crippen molar-refractivity contribution in [3.05, 3.63) is 67.7 Å². The SMILES string of the molecule is CN(Cc1ccc(I)cc1)Cc1ccccc1Br. The van der Waals surface area contributed by atoms with Crippen molar-refractivity contribution >= 4 is 38.5 Å². The van der Waals surface area contributed by atoms with E-state index in [1.807, 2.05) is 6.07 Å². The summed E-state index contributed by atoms with van der Waals surface area (Å²) in [5.74, 6) is 0. The van der Waals surface area contributed by atoms with E-state index in [9.17, 15) is 0 Å². The lowest BCUT2D eigenvalue weighted by molar-refractivity contribution is 0.318. The van der Waals surface area contributed by atoms with Gasteiger partial charge in [-0.05, 0) is 59.0 Å². The van der Waals surface area contributed by atoms with E-state index in [2.05, 4.69) is 92.9 Å². The molecule has 0 saturated heterocycles. The van der Waals surface area contributed by atoms with Gasteiger partial charge in [-0.15, -0.1) is 0 Å². The van der Waals surface area contributed by atoms with Crippen LogP contribution in [-0.2, 0) is 13.1 Å². The van der Waals surface area contributed by atoms with Gasteiger partial charge in [-0.1, -0.05) is 46.3 Å². The fourth-order valence-electron chi connectivity index (χ4n) is 1.87. The van der Waals surface area contributed by atoms with Gasteiger partial charge in [0.2, 0.25) is 0 Å². The van der Waals surface area contributed by atoms with E-state index in [4.69, 9.17) is 0 Å². The number of halogens is 2. The highest BCUT2D eigenvalue weighted by Crippen LogP contribution is 2.18. The molecule has 18 heavy (non-hydrogen) atoms. The maximum absolute atomic E-state index is 3.59. The molecule has 0 unspecified atom stereocenters. The van der Waals surface area contributed by atoms with Crippen molar-refractivity contribution in [1.29, 1.82) is 0 Å². The van der Waals surface area contributed by atoms with Crippen LogP contribution in [0.25, 0.3) is 0 Å². The lowest BCUT2D eigenvalue weighted by Gasteiger charge is -2.17. The van der Waals surface area contributed by atoms with Crippen LogP contribution in [0.15, 0.2) is 53.0 Å². The summed E-state index contributed by atoms with van der Waals surface area (Å²) in [6, 6.07) is 17.1. The van der Waals surface area contributed by atoms with Gasteiger partial charge in [0.1, 0.15) is 0 Å². The third kappa shape index (κ3) is 4.07. The summed E-state index contributed by atoms with van der Waals surface area (Å²) < 4.78 is 2.46. The van der Waals surface area contributed by atoms with Crippen LogP contribution in [-0.4, -0.2) is 11.9 Å². The van der Waals surface area contributed by atoms with E-state index in [-0.39, 0.29) is 0 Å². The zero-order valence-electron chi connectivity index (χ0n) is 10.2. The fraction of sp³-hybridized carbons (Fsp3) is 0.200. The van der Waals surface area contributed by atoms with Crippen LogP contribution in [0.5, 0.6) is 0 Å². The highest BCUT2D eigenvalue weighted by Gasteiger charge is 2.04. The minimum absolute atomic E-state index is 0.952. The Morgan fingerprint density at radius 3 is 2.33 bits per heavy atom. The Morgan fingerprint density at radius 2 is 1.67 bits per heavy atom. The van der Waals surface area contributed by atoms with Crippen LogP contribution in [0.3, 0.4) is 0 Å². The second-order valence-electron chi connectivity index (χ2n) is 4.39. The second kappa shape index (κ2) is 6.68. The number of rotatable bonds is 4. The fourth-order valence-corrected chi connectivity index (χ4v) is 2.64. The topological polar surface area (TPSA) is 3.24 Å². The molecule has 2 aromatic rings. The van der Waals surface area contributed by atoms with Crippen molar-refractivity contribution < 1.29 is 0 Å². The highest BCUT2D eigenvalue weighted by molar-refractivity contribution is 14.1. The number of benzene rings is 2. The molecule has 0 aromatic heterocycles. The predicted molar refractivity (Wildman–Crippen MR) is 88.5 cm³/mol. The van der Waals surface area contributed by atoms with E-state index in [1.54, 1.807) is 0 Å². The summed E-state index contributed by atoms with van der Waals surface area (Å²) in [4.78, 5) is 2.32. The van der Waals surface area contributed by atoms with Crippen molar-refractivity contribution in [3.8, 4) is 0 Å². The standard InChI is InChI=1S/C15H15BrIN/c1-18(10-12-6-8-14(17)9-7-12)11-13-4-2-3-5-15(13)16/h2-9H,10-11H2,1H3. The van der Waals surface area contributed by atoms with Crippen molar-refractivity contribution in [3.63, 3.8) is 0 Å². The van der Waals surface area contributed by atoms with E-state index >= 15 is 0 Å². The van der Waals surface area contributed by atoms with E-state index in [0.717, 1.165) is 13.1 Å². The van der Waals surface area contributed by atoms with Gasteiger partial charge >= 0.3 is 0 Å². The average Bonchev–Trinajstić information content (AvgIpc) is 2.35. The van der Waals surface area contributed by atoms with E-state index < -0.39 is 0 Å². The molecular formula is C15H15BrIN. The Bertz CT molecular complexity index is 510. The Labute approximate surface area is 130 Å². The molecular weight excluding hydrogens is 401 g/mol. The van der Waals surface area contributed by atoms with Crippen LogP contribution < -0.4 is 0 Å². The van der Waals surface area contributed by atoms with E-state index in [1.165, 1.54) is 19.2 Å². The van der Waals surface area contributed by atoms with Gasteiger partial charge in [0.15, 0.2) is 0 Å². The Balaban J connectivity index is 1.99. The molecule has 0 atom stereocenters. The molecule has 0 N–H and O–H groups in total. The van der Waals surface area contributed by atoms with Gasteiger partial charge in [0.25, 0.3) is 0 Å². The summed E-state index contributed by atoms with van der Waals surface area (Å²) >= 11 is 5.93. The summed E-state index contributed by atoms with van der Waals surface area (Å²) in [6.07, 6.45) is 0. The second-order valence-corrected chi connectivity index (χ2v) is 6.49. The first kappa shape index (κ1) is 14.0. The zero-order valence-corrected chi connectivity index (χ0v) is 14.0. The maximum Gasteiger partial charge on any atom is 0.0245 e. The molecule has 0 aliphatic carbocycles. The van der Waals surface area contributed by atoms with E-state index in [0.29, 0.717) is 0 Å². The summed E-state index contributed by atoms with van der Waals surface area (Å²) in [5.41, 5.74) is 2.68.